The molecule has 1 aromatic rings. The molecule has 1 nitrogen and oxygen atoms in total. The molecule has 19 heavy (non-hydrogen) atoms. The number of halogens is 2. The molecular weight excluding hydrogens is 244 g/mol. The second-order valence-electron chi connectivity index (χ2n) is 7.09. The Morgan fingerprint density at radius 3 is 2.58 bits per heavy atom. The molecule has 2 bridgehead atoms. The number of rotatable bonds is 2. The van der Waals surface area contributed by atoms with Crippen LogP contribution in [-0.4, -0.2) is 6.04 Å². The molecule has 1 aromatic carbocycles. The lowest BCUT2D eigenvalue weighted by atomic mass is 9.68. The minimum atomic E-state index is -0.781. The minimum absolute atomic E-state index is 0.131. The van der Waals surface area contributed by atoms with Gasteiger partial charge in [-0.15, -0.1) is 0 Å². The zero-order valence-electron chi connectivity index (χ0n) is 11.8. The zero-order chi connectivity index (χ0) is 13.8. The molecule has 0 amide bonds. The zero-order valence-corrected chi connectivity index (χ0v) is 11.8. The average Bonchev–Trinajstić information content (AvgIpc) is 2.81. The first-order valence-corrected chi connectivity index (χ1v) is 7.05. The largest absolute Gasteiger partial charge is 0.379 e. The number of hydrogen-bond donors (Lipinski definition) is 1. The number of hydrogen-bond acceptors (Lipinski definition) is 1. The molecule has 3 heteroatoms. The summed E-state index contributed by atoms with van der Waals surface area (Å²) in [5.41, 5.74) is 0.630. The molecule has 0 spiro atoms. The lowest BCUT2D eigenvalue weighted by molar-refractivity contribution is 0.155. The highest BCUT2D eigenvalue weighted by Gasteiger charge is 2.59. The van der Waals surface area contributed by atoms with Crippen LogP contribution < -0.4 is 5.32 Å². The molecule has 2 aliphatic carbocycles. The Bertz CT molecular complexity index is 507. The molecule has 2 saturated carbocycles. The molecule has 0 aliphatic heterocycles. The van der Waals surface area contributed by atoms with E-state index in [1.807, 2.05) is 0 Å². The molecule has 0 heterocycles. The number of nitrogens with one attached hydrogen (secondary N) is 1. The molecular formula is C16H21F2N. The highest BCUT2D eigenvalue weighted by atomic mass is 19.2. The van der Waals surface area contributed by atoms with Crippen molar-refractivity contribution < 1.29 is 8.78 Å². The van der Waals surface area contributed by atoms with Crippen LogP contribution in [0, 0.1) is 28.4 Å². The van der Waals surface area contributed by atoms with E-state index in [4.69, 9.17) is 0 Å². The van der Waals surface area contributed by atoms with E-state index in [0.29, 0.717) is 11.6 Å². The fraction of sp³-hybridized carbons (Fsp3) is 0.625. The van der Waals surface area contributed by atoms with Gasteiger partial charge in [0, 0.05) is 6.04 Å². The Morgan fingerprint density at radius 2 is 1.95 bits per heavy atom. The lowest BCUT2D eigenvalue weighted by Crippen LogP contribution is -2.46. The summed E-state index contributed by atoms with van der Waals surface area (Å²) >= 11 is 0. The van der Waals surface area contributed by atoms with Gasteiger partial charge in [0.1, 0.15) is 0 Å². The fourth-order valence-corrected chi connectivity index (χ4v) is 4.43. The van der Waals surface area contributed by atoms with Crippen LogP contribution in [0.25, 0.3) is 0 Å². The summed E-state index contributed by atoms with van der Waals surface area (Å²) in [5.74, 6) is -0.854. The van der Waals surface area contributed by atoms with Crippen molar-refractivity contribution >= 4 is 5.69 Å². The highest BCUT2D eigenvalue weighted by molar-refractivity contribution is 5.47. The summed E-state index contributed by atoms with van der Waals surface area (Å²) in [5, 5.41) is 3.30. The second kappa shape index (κ2) is 3.94. The van der Waals surface area contributed by atoms with Crippen molar-refractivity contribution in [3.8, 4) is 0 Å². The quantitative estimate of drug-likeness (QED) is 0.824. The van der Waals surface area contributed by atoms with Crippen LogP contribution in [0.2, 0.25) is 0 Å². The van der Waals surface area contributed by atoms with Gasteiger partial charge in [0.25, 0.3) is 0 Å². The Hall–Kier alpha value is -1.12. The molecule has 104 valence electrons. The molecule has 1 unspecified atom stereocenters. The number of anilines is 1. The topological polar surface area (TPSA) is 12.0 Å². The van der Waals surface area contributed by atoms with Crippen molar-refractivity contribution in [2.75, 3.05) is 5.32 Å². The molecule has 0 saturated heterocycles. The fourth-order valence-electron chi connectivity index (χ4n) is 4.43. The van der Waals surface area contributed by atoms with Crippen LogP contribution in [0.1, 0.15) is 40.0 Å². The van der Waals surface area contributed by atoms with E-state index in [9.17, 15) is 8.78 Å². The Balaban J connectivity index is 1.93. The predicted molar refractivity (Wildman–Crippen MR) is 73.0 cm³/mol. The van der Waals surface area contributed by atoms with Gasteiger partial charge in [0.2, 0.25) is 0 Å². The van der Waals surface area contributed by atoms with Crippen LogP contribution >= 0.6 is 0 Å². The third-order valence-corrected chi connectivity index (χ3v) is 5.52. The van der Waals surface area contributed by atoms with E-state index in [1.165, 1.54) is 19.3 Å². The van der Waals surface area contributed by atoms with Crippen molar-refractivity contribution in [1.82, 2.24) is 0 Å². The lowest BCUT2D eigenvalue weighted by Gasteiger charge is -2.43. The monoisotopic (exact) mass is 265 g/mol. The van der Waals surface area contributed by atoms with E-state index in [0.717, 1.165) is 6.07 Å². The summed E-state index contributed by atoms with van der Waals surface area (Å²) in [6, 6.07) is 4.55. The van der Waals surface area contributed by atoms with Crippen molar-refractivity contribution in [3.05, 3.63) is 29.8 Å². The number of benzene rings is 1. The minimum Gasteiger partial charge on any atom is -0.379 e. The molecule has 3 atom stereocenters. The maximum Gasteiger partial charge on any atom is 0.181 e. The van der Waals surface area contributed by atoms with E-state index in [1.54, 1.807) is 12.1 Å². The maximum absolute atomic E-state index is 13.8. The Morgan fingerprint density at radius 1 is 1.21 bits per heavy atom. The summed E-state index contributed by atoms with van der Waals surface area (Å²) in [7, 11) is 0. The molecule has 0 aromatic heterocycles. The van der Waals surface area contributed by atoms with Crippen LogP contribution in [0.15, 0.2) is 18.2 Å². The summed E-state index contributed by atoms with van der Waals surface area (Å²) in [4.78, 5) is 0. The van der Waals surface area contributed by atoms with Crippen molar-refractivity contribution in [2.45, 2.75) is 46.1 Å². The third-order valence-electron chi connectivity index (χ3n) is 5.52. The molecule has 0 radical (unpaired) electrons. The van der Waals surface area contributed by atoms with E-state index >= 15 is 0 Å². The maximum atomic E-state index is 13.8. The SMILES string of the molecule is CC1(C)C(Nc2cccc(F)c2F)[C@]2(C)CC[C@H]1C2. The van der Waals surface area contributed by atoms with Crippen LogP contribution in [-0.2, 0) is 0 Å². The van der Waals surface area contributed by atoms with Crippen LogP contribution in [0.3, 0.4) is 0 Å². The molecule has 2 aliphatic rings. The normalized spacial score (nSPS) is 35.6. The van der Waals surface area contributed by atoms with Crippen molar-refractivity contribution in [2.24, 2.45) is 16.7 Å². The molecule has 2 fully saturated rings. The van der Waals surface area contributed by atoms with E-state index in [2.05, 4.69) is 26.1 Å². The van der Waals surface area contributed by atoms with E-state index in [-0.39, 0.29) is 16.9 Å². The Kier molecular flexibility index (Phi) is 2.67. The first kappa shape index (κ1) is 12.9. The molecule has 3 rings (SSSR count). The summed E-state index contributed by atoms with van der Waals surface area (Å²) < 4.78 is 27.2. The Labute approximate surface area is 113 Å². The summed E-state index contributed by atoms with van der Waals surface area (Å²) in [6.45, 7) is 6.77. The van der Waals surface area contributed by atoms with Crippen molar-refractivity contribution in [1.29, 1.82) is 0 Å². The van der Waals surface area contributed by atoms with Gasteiger partial charge in [-0.3, -0.25) is 0 Å². The predicted octanol–water partition coefficient (Wildman–Crippen LogP) is 4.59. The first-order valence-electron chi connectivity index (χ1n) is 7.05. The number of fused-ring (bicyclic) bond motifs is 2. The van der Waals surface area contributed by atoms with Gasteiger partial charge in [0.05, 0.1) is 5.69 Å². The van der Waals surface area contributed by atoms with Crippen LogP contribution in [0.4, 0.5) is 14.5 Å². The van der Waals surface area contributed by atoms with Gasteiger partial charge < -0.3 is 5.32 Å². The first-order chi connectivity index (χ1) is 8.84. The summed E-state index contributed by atoms with van der Waals surface area (Å²) in [6.07, 6.45) is 3.62. The molecule has 1 N–H and O–H groups in total. The van der Waals surface area contributed by atoms with Gasteiger partial charge in [-0.2, -0.15) is 0 Å². The average molecular weight is 265 g/mol. The van der Waals surface area contributed by atoms with Gasteiger partial charge in [-0.25, -0.2) is 8.78 Å². The van der Waals surface area contributed by atoms with Crippen molar-refractivity contribution in [3.63, 3.8) is 0 Å². The smallest absolute Gasteiger partial charge is 0.181 e. The van der Waals surface area contributed by atoms with Gasteiger partial charge in [-0.05, 0) is 48.1 Å². The van der Waals surface area contributed by atoms with Gasteiger partial charge >= 0.3 is 0 Å². The third kappa shape index (κ3) is 1.78. The van der Waals surface area contributed by atoms with Gasteiger partial charge in [-0.1, -0.05) is 26.8 Å². The highest BCUT2D eigenvalue weighted by Crippen LogP contribution is 2.63. The second-order valence-corrected chi connectivity index (χ2v) is 7.09. The van der Waals surface area contributed by atoms with Crippen LogP contribution in [0.5, 0.6) is 0 Å². The standard InChI is InChI=1S/C16H21F2N/c1-15(2)10-7-8-16(3,9-10)14(15)19-12-6-4-5-11(17)13(12)18/h4-6,10,14,19H,7-9H2,1-3H3/t10-,14?,16+/m0/s1. The van der Waals surface area contributed by atoms with Gasteiger partial charge in [0.15, 0.2) is 11.6 Å². The van der Waals surface area contributed by atoms with E-state index < -0.39 is 11.6 Å².